The monoisotopic (exact) mass is 318 g/mol. The van der Waals surface area contributed by atoms with E-state index >= 15 is 0 Å². The van der Waals surface area contributed by atoms with E-state index in [2.05, 4.69) is 35.3 Å². The number of quaternary nitrogens is 1. The number of rotatable bonds is 4. The number of anilines is 1. The summed E-state index contributed by atoms with van der Waals surface area (Å²) in [5.41, 5.74) is 1.99. The SMILES string of the molecule is Cn1cccc1[C@@H]1CCC[NH+]1CC(=O)Nc1ccccc1Cl. The van der Waals surface area contributed by atoms with Crippen LogP contribution in [0.25, 0.3) is 0 Å². The Morgan fingerprint density at radius 1 is 1.36 bits per heavy atom. The van der Waals surface area contributed by atoms with Gasteiger partial charge in [-0.05, 0) is 24.3 Å². The van der Waals surface area contributed by atoms with Gasteiger partial charge in [0, 0.05) is 26.1 Å². The van der Waals surface area contributed by atoms with E-state index in [-0.39, 0.29) is 5.91 Å². The Labute approximate surface area is 135 Å². The Bertz CT molecular complexity index is 667. The number of aromatic nitrogens is 1. The second kappa shape index (κ2) is 6.55. The fourth-order valence-corrected chi connectivity index (χ4v) is 3.46. The Balaban J connectivity index is 1.66. The number of carbonyl (C=O) groups excluding carboxylic acids is 1. The first-order valence-corrected chi connectivity index (χ1v) is 8.03. The number of aryl methyl sites for hydroxylation is 1. The van der Waals surface area contributed by atoms with Gasteiger partial charge in [0.15, 0.2) is 6.54 Å². The van der Waals surface area contributed by atoms with Crippen LogP contribution in [-0.4, -0.2) is 23.6 Å². The molecule has 0 aliphatic carbocycles. The summed E-state index contributed by atoms with van der Waals surface area (Å²) in [7, 11) is 2.06. The highest BCUT2D eigenvalue weighted by molar-refractivity contribution is 6.33. The summed E-state index contributed by atoms with van der Waals surface area (Å²) in [6.07, 6.45) is 4.35. The summed E-state index contributed by atoms with van der Waals surface area (Å²) < 4.78 is 2.15. The van der Waals surface area contributed by atoms with Crippen LogP contribution < -0.4 is 10.2 Å². The fourth-order valence-electron chi connectivity index (χ4n) is 3.28. The van der Waals surface area contributed by atoms with E-state index in [1.54, 1.807) is 6.07 Å². The van der Waals surface area contributed by atoms with Gasteiger partial charge in [0.1, 0.15) is 6.04 Å². The zero-order valence-corrected chi connectivity index (χ0v) is 13.4. The highest BCUT2D eigenvalue weighted by Gasteiger charge is 2.32. The molecule has 1 aliphatic rings. The van der Waals surface area contributed by atoms with Crippen molar-refractivity contribution in [3.63, 3.8) is 0 Å². The molecule has 1 fully saturated rings. The third-order valence-electron chi connectivity index (χ3n) is 4.36. The molecule has 1 aliphatic heterocycles. The molecule has 5 heteroatoms. The van der Waals surface area contributed by atoms with Crippen molar-refractivity contribution in [2.24, 2.45) is 7.05 Å². The number of para-hydroxylation sites is 1. The fraction of sp³-hybridized carbons (Fsp3) is 0.353. The lowest BCUT2D eigenvalue weighted by atomic mass is 10.1. The van der Waals surface area contributed by atoms with Crippen molar-refractivity contribution in [1.29, 1.82) is 0 Å². The van der Waals surface area contributed by atoms with Crippen molar-refractivity contribution in [1.82, 2.24) is 4.57 Å². The molecule has 0 saturated carbocycles. The molecule has 0 radical (unpaired) electrons. The Hall–Kier alpha value is -1.78. The molecule has 0 spiro atoms. The maximum atomic E-state index is 12.3. The molecule has 1 aromatic heterocycles. The molecule has 22 heavy (non-hydrogen) atoms. The van der Waals surface area contributed by atoms with Crippen molar-refractivity contribution < 1.29 is 9.69 Å². The molecular formula is C17H21ClN3O+. The predicted molar refractivity (Wildman–Crippen MR) is 88.2 cm³/mol. The summed E-state index contributed by atoms with van der Waals surface area (Å²) in [4.78, 5) is 13.6. The van der Waals surface area contributed by atoms with Gasteiger partial charge in [0.2, 0.25) is 0 Å². The van der Waals surface area contributed by atoms with Gasteiger partial charge in [-0.1, -0.05) is 23.7 Å². The smallest absolute Gasteiger partial charge is 0.279 e. The molecule has 1 amide bonds. The minimum Gasteiger partial charge on any atom is -0.350 e. The van der Waals surface area contributed by atoms with E-state index in [4.69, 9.17) is 11.6 Å². The Kier molecular flexibility index (Phi) is 4.50. The number of amides is 1. The Morgan fingerprint density at radius 2 is 2.18 bits per heavy atom. The van der Waals surface area contributed by atoms with Crippen LogP contribution >= 0.6 is 11.6 Å². The number of benzene rings is 1. The highest BCUT2D eigenvalue weighted by atomic mass is 35.5. The molecule has 2 N–H and O–H groups in total. The summed E-state index contributed by atoms with van der Waals surface area (Å²) in [6, 6.07) is 12.0. The van der Waals surface area contributed by atoms with Gasteiger partial charge < -0.3 is 14.8 Å². The van der Waals surface area contributed by atoms with E-state index in [1.807, 2.05) is 18.2 Å². The number of carbonyl (C=O) groups is 1. The van der Waals surface area contributed by atoms with Crippen LogP contribution in [0.4, 0.5) is 5.69 Å². The predicted octanol–water partition coefficient (Wildman–Crippen LogP) is 2.04. The summed E-state index contributed by atoms with van der Waals surface area (Å²) in [5.74, 6) is 0.0178. The van der Waals surface area contributed by atoms with Crippen LogP contribution in [0, 0.1) is 0 Å². The van der Waals surface area contributed by atoms with Gasteiger partial charge in [0.05, 0.1) is 22.9 Å². The number of nitrogens with one attached hydrogen (secondary N) is 2. The normalized spacial score (nSPS) is 21.0. The zero-order chi connectivity index (χ0) is 15.5. The van der Waals surface area contributed by atoms with Crippen LogP contribution in [0.3, 0.4) is 0 Å². The maximum Gasteiger partial charge on any atom is 0.279 e. The Morgan fingerprint density at radius 3 is 2.91 bits per heavy atom. The zero-order valence-electron chi connectivity index (χ0n) is 12.7. The summed E-state index contributed by atoms with van der Waals surface area (Å²) in [5, 5.41) is 3.49. The first kappa shape index (κ1) is 15.1. The van der Waals surface area contributed by atoms with Gasteiger partial charge in [-0.2, -0.15) is 0 Å². The second-order valence-electron chi connectivity index (χ2n) is 5.85. The number of nitrogens with zero attached hydrogens (tertiary/aromatic N) is 1. The number of likely N-dealkylation sites (tertiary alicyclic amines) is 1. The molecule has 1 unspecified atom stereocenters. The van der Waals surface area contributed by atoms with Gasteiger partial charge in [-0.15, -0.1) is 0 Å². The molecule has 0 bridgehead atoms. The standard InChI is InChI=1S/C17H20ClN3O/c1-20-10-4-8-15(20)16-9-5-11-21(16)12-17(22)19-14-7-3-2-6-13(14)18/h2-4,6-8,10,16H,5,9,11-12H2,1H3,(H,19,22)/p+1/t16-/m0/s1. The minimum absolute atomic E-state index is 0.0178. The van der Waals surface area contributed by atoms with E-state index in [0.29, 0.717) is 23.3 Å². The lowest BCUT2D eigenvalue weighted by Crippen LogP contribution is -3.11. The molecule has 2 atom stereocenters. The van der Waals surface area contributed by atoms with Crippen molar-refractivity contribution in [2.45, 2.75) is 18.9 Å². The second-order valence-corrected chi connectivity index (χ2v) is 6.26. The number of hydrogen-bond acceptors (Lipinski definition) is 1. The molecule has 4 nitrogen and oxygen atoms in total. The highest BCUT2D eigenvalue weighted by Crippen LogP contribution is 2.21. The molecule has 2 heterocycles. The van der Waals surface area contributed by atoms with Crippen LogP contribution in [0.5, 0.6) is 0 Å². The molecule has 2 aromatic rings. The van der Waals surface area contributed by atoms with Crippen molar-refractivity contribution in [3.05, 3.63) is 53.3 Å². The van der Waals surface area contributed by atoms with Crippen LogP contribution in [0.2, 0.25) is 5.02 Å². The van der Waals surface area contributed by atoms with Crippen LogP contribution in [0.15, 0.2) is 42.6 Å². The first-order chi connectivity index (χ1) is 10.6. The van der Waals surface area contributed by atoms with Gasteiger partial charge in [-0.3, -0.25) is 4.79 Å². The largest absolute Gasteiger partial charge is 0.350 e. The number of halogens is 1. The molecule has 3 rings (SSSR count). The van der Waals surface area contributed by atoms with E-state index in [1.165, 1.54) is 10.6 Å². The van der Waals surface area contributed by atoms with Crippen molar-refractivity contribution in [3.8, 4) is 0 Å². The topological polar surface area (TPSA) is 38.5 Å². The third-order valence-corrected chi connectivity index (χ3v) is 4.69. The van der Waals surface area contributed by atoms with E-state index in [0.717, 1.165) is 19.4 Å². The third kappa shape index (κ3) is 3.18. The molecule has 116 valence electrons. The molecular weight excluding hydrogens is 298 g/mol. The molecule has 1 saturated heterocycles. The van der Waals surface area contributed by atoms with Crippen molar-refractivity contribution >= 4 is 23.2 Å². The molecule has 1 aromatic carbocycles. The summed E-state index contributed by atoms with van der Waals surface area (Å²) in [6.45, 7) is 1.51. The lowest BCUT2D eigenvalue weighted by Gasteiger charge is -2.21. The van der Waals surface area contributed by atoms with E-state index < -0.39 is 0 Å². The lowest BCUT2D eigenvalue weighted by molar-refractivity contribution is -0.910. The van der Waals surface area contributed by atoms with Gasteiger partial charge in [-0.25, -0.2) is 0 Å². The van der Waals surface area contributed by atoms with Crippen LogP contribution in [-0.2, 0) is 11.8 Å². The quantitative estimate of drug-likeness (QED) is 0.889. The van der Waals surface area contributed by atoms with E-state index in [9.17, 15) is 4.79 Å². The maximum absolute atomic E-state index is 12.3. The number of hydrogen-bond donors (Lipinski definition) is 2. The minimum atomic E-state index is 0.0178. The average molecular weight is 319 g/mol. The van der Waals surface area contributed by atoms with Crippen molar-refractivity contribution in [2.75, 3.05) is 18.4 Å². The van der Waals surface area contributed by atoms with Gasteiger partial charge >= 0.3 is 0 Å². The van der Waals surface area contributed by atoms with Gasteiger partial charge in [0.25, 0.3) is 5.91 Å². The average Bonchev–Trinajstić information content (AvgIpc) is 3.10. The van der Waals surface area contributed by atoms with Crippen LogP contribution in [0.1, 0.15) is 24.6 Å². The summed E-state index contributed by atoms with van der Waals surface area (Å²) >= 11 is 6.09. The first-order valence-electron chi connectivity index (χ1n) is 7.65.